The Morgan fingerprint density at radius 1 is 1.15 bits per heavy atom. The molecular formula is C21H22N2O4. The van der Waals surface area contributed by atoms with Crippen molar-refractivity contribution in [3.63, 3.8) is 0 Å². The van der Waals surface area contributed by atoms with Crippen molar-refractivity contribution in [2.45, 2.75) is 19.9 Å². The fourth-order valence-corrected chi connectivity index (χ4v) is 2.95. The SMILES string of the molecule is COc1ccc(OC)c(C(C)NC(=O)c2ncoc2-c2ccccc2C)c1. The number of methoxy groups -OCH3 is 2. The average Bonchev–Trinajstić information content (AvgIpc) is 3.17. The monoisotopic (exact) mass is 366 g/mol. The van der Waals surface area contributed by atoms with E-state index in [1.807, 2.05) is 56.3 Å². The number of nitrogens with one attached hydrogen (secondary N) is 1. The van der Waals surface area contributed by atoms with Gasteiger partial charge in [-0.05, 0) is 37.6 Å². The lowest BCUT2D eigenvalue weighted by atomic mass is 10.0. The van der Waals surface area contributed by atoms with E-state index in [0.717, 1.165) is 16.7 Å². The maximum absolute atomic E-state index is 12.8. The van der Waals surface area contributed by atoms with Crippen LogP contribution in [0.15, 0.2) is 53.3 Å². The van der Waals surface area contributed by atoms with Crippen LogP contribution in [-0.4, -0.2) is 25.1 Å². The number of nitrogens with zero attached hydrogens (tertiary/aromatic N) is 1. The summed E-state index contributed by atoms with van der Waals surface area (Å²) in [6, 6.07) is 12.8. The molecule has 1 amide bonds. The molecule has 0 saturated heterocycles. The Morgan fingerprint density at radius 3 is 2.63 bits per heavy atom. The number of benzene rings is 2. The van der Waals surface area contributed by atoms with Crippen molar-refractivity contribution in [1.29, 1.82) is 0 Å². The molecule has 3 aromatic rings. The second kappa shape index (κ2) is 7.95. The molecule has 1 N–H and O–H groups in total. The smallest absolute Gasteiger partial charge is 0.274 e. The Labute approximate surface area is 158 Å². The zero-order valence-corrected chi connectivity index (χ0v) is 15.8. The van der Waals surface area contributed by atoms with Crippen LogP contribution in [0.25, 0.3) is 11.3 Å². The summed E-state index contributed by atoms with van der Waals surface area (Å²) < 4.78 is 16.2. The Kier molecular flexibility index (Phi) is 5.45. The highest BCUT2D eigenvalue weighted by atomic mass is 16.5. The van der Waals surface area contributed by atoms with Crippen LogP contribution < -0.4 is 14.8 Å². The molecule has 6 nitrogen and oxygen atoms in total. The van der Waals surface area contributed by atoms with E-state index in [1.165, 1.54) is 6.39 Å². The second-order valence-electron chi connectivity index (χ2n) is 6.15. The number of carbonyl (C=O) groups excluding carboxylic acids is 1. The average molecular weight is 366 g/mol. The van der Waals surface area contributed by atoms with Gasteiger partial charge in [0.1, 0.15) is 11.5 Å². The molecule has 2 aromatic carbocycles. The van der Waals surface area contributed by atoms with E-state index in [1.54, 1.807) is 14.2 Å². The number of aryl methyl sites for hydroxylation is 1. The lowest BCUT2D eigenvalue weighted by molar-refractivity contribution is 0.0935. The zero-order chi connectivity index (χ0) is 19.4. The van der Waals surface area contributed by atoms with Gasteiger partial charge in [0.2, 0.25) is 0 Å². The van der Waals surface area contributed by atoms with Gasteiger partial charge in [0.05, 0.1) is 20.3 Å². The summed E-state index contributed by atoms with van der Waals surface area (Å²) in [4.78, 5) is 17.0. The Hall–Kier alpha value is -3.28. The molecule has 0 aliphatic heterocycles. The third-order valence-electron chi connectivity index (χ3n) is 4.42. The topological polar surface area (TPSA) is 73.6 Å². The van der Waals surface area contributed by atoms with Gasteiger partial charge in [0.15, 0.2) is 17.8 Å². The summed E-state index contributed by atoms with van der Waals surface area (Å²) in [6.07, 6.45) is 1.29. The molecule has 3 rings (SSSR count). The summed E-state index contributed by atoms with van der Waals surface area (Å²) >= 11 is 0. The molecule has 0 radical (unpaired) electrons. The number of rotatable bonds is 6. The molecule has 1 atom stereocenters. The lowest BCUT2D eigenvalue weighted by Crippen LogP contribution is -2.27. The Balaban J connectivity index is 1.87. The minimum Gasteiger partial charge on any atom is -0.497 e. The molecule has 0 fully saturated rings. The third-order valence-corrected chi connectivity index (χ3v) is 4.42. The summed E-state index contributed by atoms with van der Waals surface area (Å²) in [5.41, 5.74) is 2.90. The van der Waals surface area contributed by atoms with Gasteiger partial charge in [-0.1, -0.05) is 24.3 Å². The fourth-order valence-electron chi connectivity index (χ4n) is 2.95. The van der Waals surface area contributed by atoms with Crippen molar-refractivity contribution in [3.05, 3.63) is 65.7 Å². The van der Waals surface area contributed by atoms with Gasteiger partial charge >= 0.3 is 0 Å². The molecular weight excluding hydrogens is 344 g/mol. The first-order valence-corrected chi connectivity index (χ1v) is 8.57. The number of amides is 1. The van der Waals surface area contributed by atoms with Crippen molar-refractivity contribution in [2.24, 2.45) is 0 Å². The number of oxazole rings is 1. The minimum absolute atomic E-state index is 0.248. The molecule has 1 heterocycles. The number of hydrogen-bond donors (Lipinski definition) is 1. The van der Waals surface area contributed by atoms with Crippen molar-refractivity contribution in [3.8, 4) is 22.8 Å². The predicted octanol–water partition coefficient (Wildman–Crippen LogP) is 4.16. The van der Waals surface area contributed by atoms with E-state index in [4.69, 9.17) is 13.9 Å². The van der Waals surface area contributed by atoms with Crippen molar-refractivity contribution >= 4 is 5.91 Å². The maximum Gasteiger partial charge on any atom is 0.274 e. The normalized spacial score (nSPS) is 11.7. The van der Waals surface area contributed by atoms with Crippen LogP contribution in [0.4, 0.5) is 0 Å². The van der Waals surface area contributed by atoms with Gasteiger partial charge in [-0.2, -0.15) is 0 Å². The van der Waals surface area contributed by atoms with Crippen LogP contribution in [-0.2, 0) is 0 Å². The van der Waals surface area contributed by atoms with E-state index in [-0.39, 0.29) is 17.6 Å². The van der Waals surface area contributed by atoms with Crippen LogP contribution in [0.5, 0.6) is 11.5 Å². The predicted molar refractivity (Wildman–Crippen MR) is 102 cm³/mol. The first kappa shape index (κ1) is 18.5. The van der Waals surface area contributed by atoms with Gasteiger partial charge in [-0.15, -0.1) is 0 Å². The summed E-state index contributed by atoms with van der Waals surface area (Å²) in [5, 5.41) is 2.96. The van der Waals surface area contributed by atoms with Crippen LogP contribution in [0.3, 0.4) is 0 Å². The third kappa shape index (κ3) is 3.79. The summed E-state index contributed by atoms with van der Waals surface area (Å²) in [7, 11) is 3.19. The largest absolute Gasteiger partial charge is 0.497 e. The molecule has 0 saturated carbocycles. The van der Waals surface area contributed by atoms with E-state index >= 15 is 0 Å². The van der Waals surface area contributed by atoms with Gasteiger partial charge in [0, 0.05) is 11.1 Å². The minimum atomic E-state index is -0.320. The molecule has 0 spiro atoms. The van der Waals surface area contributed by atoms with Gasteiger partial charge in [0.25, 0.3) is 5.91 Å². The highest BCUT2D eigenvalue weighted by Gasteiger charge is 2.22. The first-order chi connectivity index (χ1) is 13.0. The molecule has 0 aliphatic rings. The Morgan fingerprint density at radius 2 is 1.93 bits per heavy atom. The molecule has 1 unspecified atom stereocenters. The Bertz CT molecular complexity index is 949. The lowest BCUT2D eigenvalue weighted by Gasteiger charge is -2.18. The van der Waals surface area contributed by atoms with Gasteiger partial charge < -0.3 is 19.2 Å². The number of hydrogen-bond acceptors (Lipinski definition) is 5. The van der Waals surface area contributed by atoms with Crippen LogP contribution in [0.2, 0.25) is 0 Å². The van der Waals surface area contributed by atoms with E-state index in [0.29, 0.717) is 17.3 Å². The van der Waals surface area contributed by atoms with Gasteiger partial charge in [-0.3, -0.25) is 4.79 Å². The quantitative estimate of drug-likeness (QED) is 0.709. The highest BCUT2D eigenvalue weighted by molar-refractivity contribution is 5.98. The molecule has 27 heavy (non-hydrogen) atoms. The standard InChI is InChI=1S/C21H22N2O4/c1-13-7-5-6-8-16(13)20-19(22-12-27-20)21(24)23-14(2)17-11-15(25-3)9-10-18(17)26-4/h5-12,14H,1-4H3,(H,23,24). The summed E-state index contributed by atoms with van der Waals surface area (Å²) in [5.74, 6) is 1.49. The van der Waals surface area contributed by atoms with E-state index < -0.39 is 0 Å². The fraction of sp³-hybridized carbons (Fsp3) is 0.238. The van der Waals surface area contributed by atoms with Crippen molar-refractivity contribution < 1.29 is 18.7 Å². The number of aromatic nitrogens is 1. The molecule has 0 aliphatic carbocycles. The molecule has 6 heteroatoms. The zero-order valence-electron chi connectivity index (χ0n) is 15.8. The van der Waals surface area contributed by atoms with Crippen LogP contribution >= 0.6 is 0 Å². The molecule has 0 bridgehead atoms. The number of carbonyl (C=O) groups is 1. The van der Waals surface area contributed by atoms with Crippen LogP contribution in [0.1, 0.15) is 34.6 Å². The summed E-state index contributed by atoms with van der Waals surface area (Å²) in [6.45, 7) is 3.84. The first-order valence-electron chi connectivity index (χ1n) is 8.57. The number of ether oxygens (including phenoxy) is 2. The van der Waals surface area contributed by atoms with Crippen molar-refractivity contribution in [2.75, 3.05) is 14.2 Å². The van der Waals surface area contributed by atoms with Crippen LogP contribution in [0, 0.1) is 6.92 Å². The van der Waals surface area contributed by atoms with E-state index in [2.05, 4.69) is 10.3 Å². The second-order valence-corrected chi connectivity index (χ2v) is 6.15. The molecule has 1 aromatic heterocycles. The van der Waals surface area contributed by atoms with Gasteiger partial charge in [-0.25, -0.2) is 4.98 Å². The van der Waals surface area contributed by atoms with E-state index in [9.17, 15) is 4.79 Å². The molecule has 140 valence electrons. The highest BCUT2D eigenvalue weighted by Crippen LogP contribution is 2.30. The maximum atomic E-state index is 12.8. The van der Waals surface area contributed by atoms with Crippen molar-refractivity contribution in [1.82, 2.24) is 10.3 Å².